The number of nitrogens with zero attached hydrogens (tertiary/aromatic N) is 3. The molecule has 8 nitrogen and oxygen atoms in total. The minimum atomic E-state index is -0.975. The Labute approximate surface area is 147 Å². The molecule has 0 aliphatic carbocycles. The Morgan fingerprint density at radius 2 is 1.85 bits per heavy atom. The molecular formula is C18H15N5O3. The number of aryl methyl sites for hydroxylation is 1. The molecule has 2 heterocycles. The Bertz CT molecular complexity index is 1190. The highest BCUT2D eigenvalue weighted by atomic mass is 16.4. The number of fused-ring (bicyclic) bond motifs is 2. The van der Waals surface area contributed by atoms with Crippen LogP contribution in [0.15, 0.2) is 36.4 Å². The van der Waals surface area contributed by atoms with Crippen molar-refractivity contribution in [3.05, 3.63) is 59.2 Å². The number of amides is 1. The normalized spacial score (nSPS) is 11.3. The predicted octanol–water partition coefficient (Wildman–Crippen LogP) is 1.84. The van der Waals surface area contributed by atoms with E-state index in [-0.39, 0.29) is 5.56 Å². The van der Waals surface area contributed by atoms with Gasteiger partial charge in [-0.15, -0.1) is 0 Å². The molecule has 0 bridgehead atoms. The summed E-state index contributed by atoms with van der Waals surface area (Å²) in [6.07, 6.45) is 0.439. The number of carbonyl (C=O) groups is 2. The van der Waals surface area contributed by atoms with Gasteiger partial charge in [0.15, 0.2) is 0 Å². The maximum Gasteiger partial charge on any atom is 0.335 e. The Balaban J connectivity index is 1.72. The summed E-state index contributed by atoms with van der Waals surface area (Å²) in [5.41, 5.74) is 8.86. The fourth-order valence-corrected chi connectivity index (χ4v) is 2.98. The molecule has 4 N–H and O–H groups in total. The molecule has 4 aromatic rings. The topological polar surface area (TPSA) is 127 Å². The van der Waals surface area contributed by atoms with Gasteiger partial charge in [-0.25, -0.2) is 14.8 Å². The van der Waals surface area contributed by atoms with Crippen molar-refractivity contribution in [2.45, 2.75) is 6.42 Å². The molecular weight excluding hydrogens is 334 g/mol. The van der Waals surface area contributed by atoms with Crippen molar-refractivity contribution < 1.29 is 14.7 Å². The second kappa shape index (κ2) is 5.69. The number of aromatic nitrogens is 4. The summed E-state index contributed by atoms with van der Waals surface area (Å²) in [6, 6.07) is 9.88. The Kier molecular flexibility index (Phi) is 3.47. The molecule has 1 amide bonds. The van der Waals surface area contributed by atoms with Gasteiger partial charge in [0.2, 0.25) is 5.91 Å². The molecule has 0 saturated heterocycles. The number of benzene rings is 2. The van der Waals surface area contributed by atoms with E-state index < -0.39 is 11.9 Å². The minimum absolute atomic E-state index is 0.217. The molecule has 0 saturated carbocycles. The molecule has 130 valence electrons. The van der Waals surface area contributed by atoms with Crippen LogP contribution in [0, 0.1) is 0 Å². The fraction of sp³-hybridized carbons (Fsp3) is 0.111. The Morgan fingerprint density at radius 3 is 2.58 bits per heavy atom. The van der Waals surface area contributed by atoms with Crippen LogP contribution >= 0.6 is 0 Å². The number of hydrogen-bond donors (Lipinski definition) is 3. The second-order valence-electron chi connectivity index (χ2n) is 6.05. The van der Waals surface area contributed by atoms with E-state index in [1.54, 1.807) is 30.3 Å². The number of H-pyrrole nitrogens is 1. The van der Waals surface area contributed by atoms with Crippen LogP contribution in [0.3, 0.4) is 0 Å². The van der Waals surface area contributed by atoms with E-state index in [1.807, 2.05) is 11.6 Å². The third-order valence-electron chi connectivity index (χ3n) is 4.36. The molecule has 0 fully saturated rings. The number of nitrogens with one attached hydrogen (secondary N) is 1. The van der Waals surface area contributed by atoms with Crippen molar-refractivity contribution in [2.75, 3.05) is 0 Å². The van der Waals surface area contributed by atoms with E-state index in [9.17, 15) is 9.59 Å². The van der Waals surface area contributed by atoms with Crippen LogP contribution in [0.2, 0.25) is 0 Å². The SMILES string of the molecule is Cn1c(Cc2nc3ccc(C(N)=O)cc3[nH]2)nc2ccc(C(=O)O)cc21. The van der Waals surface area contributed by atoms with Crippen LogP contribution < -0.4 is 5.73 Å². The van der Waals surface area contributed by atoms with Gasteiger partial charge in [0.1, 0.15) is 11.6 Å². The van der Waals surface area contributed by atoms with Gasteiger partial charge in [0.05, 0.1) is 34.1 Å². The third-order valence-corrected chi connectivity index (χ3v) is 4.36. The molecule has 0 radical (unpaired) electrons. The molecule has 2 aromatic carbocycles. The number of imidazole rings is 2. The zero-order chi connectivity index (χ0) is 18.4. The first-order valence-corrected chi connectivity index (χ1v) is 7.89. The summed E-state index contributed by atoms with van der Waals surface area (Å²) in [7, 11) is 1.84. The lowest BCUT2D eigenvalue weighted by atomic mass is 10.2. The van der Waals surface area contributed by atoms with Crippen LogP contribution in [0.25, 0.3) is 22.1 Å². The lowest BCUT2D eigenvalue weighted by Crippen LogP contribution is -2.10. The smallest absolute Gasteiger partial charge is 0.335 e. The fourth-order valence-electron chi connectivity index (χ4n) is 2.98. The number of rotatable bonds is 4. The molecule has 26 heavy (non-hydrogen) atoms. The molecule has 4 rings (SSSR count). The molecule has 8 heteroatoms. The van der Waals surface area contributed by atoms with E-state index >= 15 is 0 Å². The summed E-state index contributed by atoms with van der Waals surface area (Å²) < 4.78 is 1.85. The number of aromatic carboxylic acids is 1. The van der Waals surface area contributed by atoms with Gasteiger partial charge in [-0.1, -0.05) is 0 Å². The Morgan fingerprint density at radius 1 is 1.12 bits per heavy atom. The molecule has 0 atom stereocenters. The van der Waals surface area contributed by atoms with Crippen LogP contribution in [-0.2, 0) is 13.5 Å². The predicted molar refractivity (Wildman–Crippen MR) is 95.1 cm³/mol. The van der Waals surface area contributed by atoms with Gasteiger partial charge in [-0.2, -0.15) is 0 Å². The number of aromatic amines is 1. The standard InChI is InChI=1S/C18H15N5O3/c1-23-14-7-10(18(25)26)3-5-12(14)22-16(23)8-15-20-11-4-2-9(17(19)24)6-13(11)21-15/h2-7H,8H2,1H3,(H2,19,24)(H,20,21)(H,25,26). The van der Waals surface area contributed by atoms with Crippen LogP contribution in [0.1, 0.15) is 32.4 Å². The average molecular weight is 349 g/mol. The average Bonchev–Trinajstić information content (AvgIpc) is 3.14. The molecule has 0 aliphatic rings. The van der Waals surface area contributed by atoms with E-state index in [1.165, 1.54) is 6.07 Å². The summed E-state index contributed by atoms with van der Waals surface area (Å²) in [5.74, 6) is -0.0278. The number of nitrogens with two attached hydrogens (primary N) is 1. The van der Waals surface area contributed by atoms with E-state index in [4.69, 9.17) is 10.8 Å². The first kappa shape index (κ1) is 15.8. The zero-order valence-electron chi connectivity index (χ0n) is 13.9. The number of carbonyl (C=O) groups excluding carboxylic acids is 1. The number of carboxylic acids is 1. The van der Waals surface area contributed by atoms with Crippen LogP contribution in [-0.4, -0.2) is 36.5 Å². The minimum Gasteiger partial charge on any atom is -0.478 e. The van der Waals surface area contributed by atoms with E-state index in [2.05, 4.69) is 15.0 Å². The van der Waals surface area contributed by atoms with Crippen LogP contribution in [0.4, 0.5) is 0 Å². The molecule has 0 unspecified atom stereocenters. The van der Waals surface area contributed by atoms with Crippen molar-refractivity contribution in [3.63, 3.8) is 0 Å². The van der Waals surface area contributed by atoms with Crippen molar-refractivity contribution >= 4 is 33.9 Å². The largest absolute Gasteiger partial charge is 0.478 e. The van der Waals surface area contributed by atoms with Gasteiger partial charge < -0.3 is 20.4 Å². The first-order valence-electron chi connectivity index (χ1n) is 7.89. The summed E-state index contributed by atoms with van der Waals surface area (Å²) >= 11 is 0. The van der Waals surface area contributed by atoms with Crippen LogP contribution in [0.5, 0.6) is 0 Å². The van der Waals surface area contributed by atoms with Crippen molar-refractivity contribution in [1.82, 2.24) is 19.5 Å². The maximum absolute atomic E-state index is 11.3. The highest BCUT2D eigenvalue weighted by Crippen LogP contribution is 2.20. The zero-order valence-corrected chi connectivity index (χ0v) is 13.9. The first-order chi connectivity index (χ1) is 12.4. The number of carboxylic acid groups (broad SMARTS) is 1. The highest BCUT2D eigenvalue weighted by Gasteiger charge is 2.13. The van der Waals surface area contributed by atoms with E-state index in [0.717, 1.165) is 27.9 Å². The van der Waals surface area contributed by atoms with Gasteiger partial charge >= 0.3 is 5.97 Å². The summed E-state index contributed by atoms with van der Waals surface area (Å²) in [4.78, 5) is 34.7. The molecule has 0 spiro atoms. The highest BCUT2D eigenvalue weighted by molar-refractivity contribution is 5.96. The van der Waals surface area contributed by atoms with Gasteiger partial charge in [0, 0.05) is 12.6 Å². The lowest BCUT2D eigenvalue weighted by Gasteiger charge is -2.00. The Hall–Kier alpha value is -3.68. The van der Waals surface area contributed by atoms with Crippen molar-refractivity contribution in [1.29, 1.82) is 0 Å². The second-order valence-corrected chi connectivity index (χ2v) is 6.05. The summed E-state index contributed by atoms with van der Waals surface area (Å²) in [6.45, 7) is 0. The summed E-state index contributed by atoms with van der Waals surface area (Å²) in [5, 5.41) is 9.14. The monoisotopic (exact) mass is 349 g/mol. The quantitative estimate of drug-likeness (QED) is 0.518. The van der Waals surface area contributed by atoms with Gasteiger partial charge in [0.25, 0.3) is 0 Å². The molecule has 0 aliphatic heterocycles. The third kappa shape index (κ3) is 2.57. The van der Waals surface area contributed by atoms with Crippen molar-refractivity contribution in [3.8, 4) is 0 Å². The maximum atomic E-state index is 11.3. The number of hydrogen-bond acceptors (Lipinski definition) is 4. The number of primary amides is 1. The van der Waals surface area contributed by atoms with E-state index in [0.29, 0.717) is 17.8 Å². The molecule has 2 aromatic heterocycles. The van der Waals surface area contributed by atoms with Crippen molar-refractivity contribution in [2.24, 2.45) is 12.8 Å². The van der Waals surface area contributed by atoms with Gasteiger partial charge in [-0.3, -0.25) is 4.79 Å². The van der Waals surface area contributed by atoms with Gasteiger partial charge in [-0.05, 0) is 36.4 Å². The lowest BCUT2D eigenvalue weighted by molar-refractivity contribution is 0.0696.